The number of carbonyl (C=O) groups is 1. The van der Waals surface area contributed by atoms with Crippen LogP contribution in [0.5, 0.6) is 0 Å². The lowest BCUT2D eigenvalue weighted by Gasteiger charge is -2.06. The summed E-state index contributed by atoms with van der Waals surface area (Å²) < 4.78 is 0. The Bertz CT molecular complexity index is 641. The largest absolute Gasteiger partial charge is 0.387 e. The highest BCUT2D eigenvalue weighted by Gasteiger charge is 2.08. The summed E-state index contributed by atoms with van der Waals surface area (Å²) in [6.07, 6.45) is 1.52. The molecule has 2 aromatic carbocycles. The number of nitrogens with zero attached hydrogens (tertiary/aromatic N) is 1. The second kappa shape index (κ2) is 6.73. The van der Waals surface area contributed by atoms with Crippen molar-refractivity contribution in [2.24, 2.45) is 5.10 Å². The molecule has 5 heteroatoms. The molecule has 2 aromatic rings. The first-order valence-electron chi connectivity index (χ1n) is 6.07. The van der Waals surface area contributed by atoms with Crippen LogP contribution in [0.15, 0.2) is 53.6 Å². The Morgan fingerprint density at radius 3 is 2.60 bits per heavy atom. The second-order valence-corrected chi connectivity index (χ2v) is 4.42. The number of hydrogen-bond acceptors (Lipinski definition) is 3. The smallest absolute Gasteiger partial charge is 0.273 e. The quantitative estimate of drug-likeness (QED) is 0.670. The highest BCUT2D eigenvalue weighted by atomic mass is 35.5. The Hall–Kier alpha value is -2.33. The summed E-state index contributed by atoms with van der Waals surface area (Å²) in [7, 11) is 1.76. The maximum absolute atomic E-state index is 12.0. The third-order valence-corrected chi connectivity index (χ3v) is 3.06. The van der Waals surface area contributed by atoms with E-state index in [9.17, 15) is 4.79 Å². The summed E-state index contributed by atoms with van der Waals surface area (Å²) in [6.45, 7) is 0. The van der Waals surface area contributed by atoms with Crippen molar-refractivity contribution < 1.29 is 4.79 Å². The van der Waals surface area contributed by atoms with Crippen molar-refractivity contribution in [2.45, 2.75) is 0 Å². The molecule has 0 aliphatic rings. The van der Waals surface area contributed by atoms with Crippen molar-refractivity contribution in [3.05, 3.63) is 64.7 Å². The molecule has 2 rings (SSSR count). The van der Waals surface area contributed by atoms with Crippen molar-refractivity contribution in [3.8, 4) is 0 Å². The molecular formula is C15H14ClN3O. The number of benzene rings is 2. The van der Waals surface area contributed by atoms with Crippen LogP contribution in [0.2, 0.25) is 5.02 Å². The zero-order valence-corrected chi connectivity index (χ0v) is 11.7. The van der Waals surface area contributed by atoms with Gasteiger partial charge in [0.25, 0.3) is 5.91 Å². The first kappa shape index (κ1) is 14.1. The summed E-state index contributed by atoms with van der Waals surface area (Å²) >= 11 is 5.99. The highest BCUT2D eigenvalue weighted by Crippen LogP contribution is 2.14. The number of anilines is 1. The average Bonchev–Trinajstić information content (AvgIpc) is 2.49. The lowest BCUT2D eigenvalue weighted by Crippen LogP contribution is -2.19. The molecule has 1 amide bonds. The van der Waals surface area contributed by atoms with Gasteiger partial charge >= 0.3 is 0 Å². The predicted octanol–water partition coefficient (Wildman–Crippen LogP) is 3.15. The number of nitrogens with one attached hydrogen (secondary N) is 2. The molecule has 0 bridgehead atoms. The number of hydrazone groups is 1. The monoisotopic (exact) mass is 287 g/mol. The van der Waals surface area contributed by atoms with Crippen LogP contribution in [-0.4, -0.2) is 19.2 Å². The zero-order chi connectivity index (χ0) is 14.4. The number of para-hydroxylation sites is 1. The van der Waals surface area contributed by atoms with E-state index in [2.05, 4.69) is 15.8 Å². The van der Waals surface area contributed by atoms with Gasteiger partial charge < -0.3 is 5.32 Å². The molecule has 0 aliphatic heterocycles. The van der Waals surface area contributed by atoms with Crippen molar-refractivity contribution in [1.29, 1.82) is 0 Å². The summed E-state index contributed by atoms with van der Waals surface area (Å²) in [4.78, 5) is 12.0. The first-order valence-corrected chi connectivity index (χ1v) is 6.45. The number of amides is 1. The lowest BCUT2D eigenvalue weighted by molar-refractivity contribution is 0.0956. The van der Waals surface area contributed by atoms with Gasteiger partial charge in [-0.15, -0.1) is 0 Å². The van der Waals surface area contributed by atoms with Crippen LogP contribution in [0.1, 0.15) is 15.9 Å². The van der Waals surface area contributed by atoms with E-state index in [0.717, 1.165) is 11.3 Å². The highest BCUT2D eigenvalue weighted by molar-refractivity contribution is 6.33. The van der Waals surface area contributed by atoms with Crippen molar-refractivity contribution in [3.63, 3.8) is 0 Å². The fraction of sp³-hybridized carbons (Fsp3) is 0.0667. The molecular weight excluding hydrogens is 274 g/mol. The molecule has 4 nitrogen and oxygen atoms in total. The number of rotatable bonds is 4. The van der Waals surface area contributed by atoms with Gasteiger partial charge in [-0.25, -0.2) is 5.43 Å². The molecule has 0 radical (unpaired) electrons. The Labute approximate surface area is 122 Å². The van der Waals surface area contributed by atoms with Gasteiger partial charge in [0.05, 0.1) is 11.8 Å². The number of hydrogen-bond donors (Lipinski definition) is 2. The van der Waals surface area contributed by atoms with Crippen LogP contribution in [0.3, 0.4) is 0 Å². The van der Waals surface area contributed by atoms with Crippen LogP contribution in [0.25, 0.3) is 0 Å². The third kappa shape index (κ3) is 3.36. The molecule has 0 heterocycles. The third-order valence-electron chi connectivity index (χ3n) is 2.72. The van der Waals surface area contributed by atoms with E-state index in [1.807, 2.05) is 30.3 Å². The van der Waals surface area contributed by atoms with Crippen LogP contribution in [-0.2, 0) is 0 Å². The molecule has 0 aliphatic carbocycles. The van der Waals surface area contributed by atoms with Crippen molar-refractivity contribution in [1.82, 2.24) is 5.43 Å². The number of halogens is 1. The van der Waals surface area contributed by atoms with Gasteiger partial charge in [0.2, 0.25) is 0 Å². The Kier molecular flexibility index (Phi) is 4.74. The molecule has 102 valence electrons. The lowest BCUT2D eigenvalue weighted by atomic mass is 10.1. The summed E-state index contributed by atoms with van der Waals surface area (Å²) in [6, 6.07) is 14.5. The van der Waals surface area contributed by atoms with Gasteiger partial charge in [0.1, 0.15) is 0 Å². The van der Waals surface area contributed by atoms with Crippen LogP contribution >= 0.6 is 11.6 Å². The minimum atomic E-state index is -0.279. The van der Waals surface area contributed by atoms with Crippen LogP contribution in [0, 0.1) is 0 Å². The zero-order valence-electron chi connectivity index (χ0n) is 10.9. The molecule has 0 spiro atoms. The molecule has 2 N–H and O–H groups in total. The maximum atomic E-state index is 12.0. The summed E-state index contributed by atoms with van der Waals surface area (Å²) in [5.41, 5.74) is 4.51. The van der Waals surface area contributed by atoms with E-state index < -0.39 is 0 Å². The van der Waals surface area contributed by atoms with Gasteiger partial charge in [-0.3, -0.25) is 4.79 Å². The van der Waals surface area contributed by atoms with E-state index in [1.54, 1.807) is 25.2 Å². The van der Waals surface area contributed by atoms with Gasteiger partial charge in [0, 0.05) is 23.3 Å². The SMILES string of the molecule is CNc1ccccc1C(=O)NN=Cc1ccccc1Cl. The van der Waals surface area contributed by atoms with Crippen molar-refractivity contribution in [2.75, 3.05) is 12.4 Å². The first-order chi connectivity index (χ1) is 9.72. The number of carbonyl (C=O) groups excluding carboxylic acids is 1. The van der Waals surface area contributed by atoms with Crippen molar-refractivity contribution >= 4 is 29.4 Å². The Morgan fingerprint density at radius 2 is 1.85 bits per heavy atom. The summed E-state index contributed by atoms with van der Waals surface area (Å²) in [5, 5.41) is 7.46. The van der Waals surface area contributed by atoms with E-state index >= 15 is 0 Å². The van der Waals surface area contributed by atoms with E-state index in [0.29, 0.717) is 10.6 Å². The standard InChI is InChI=1S/C15H14ClN3O/c1-17-14-9-5-3-7-12(14)15(20)19-18-10-11-6-2-4-8-13(11)16/h2-10,17H,1H3,(H,19,20). The second-order valence-electron chi connectivity index (χ2n) is 4.02. The molecule has 0 unspecified atom stereocenters. The minimum absolute atomic E-state index is 0.279. The Balaban J connectivity index is 2.07. The Morgan fingerprint density at radius 1 is 1.15 bits per heavy atom. The molecule has 0 aromatic heterocycles. The molecule has 0 saturated heterocycles. The topological polar surface area (TPSA) is 53.5 Å². The normalized spacial score (nSPS) is 10.5. The van der Waals surface area contributed by atoms with Gasteiger partial charge in [0.15, 0.2) is 0 Å². The van der Waals surface area contributed by atoms with E-state index in [4.69, 9.17) is 11.6 Å². The fourth-order valence-corrected chi connectivity index (χ4v) is 1.88. The predicted molar refractivity (Wildman–Crippen MR) is 82.5 cm³/mol. The average molecular weight is 288 g/mol. The van der Waals surface area contributed by atoms with Gasteiger partial charge in [-0.1, -0.05) is 41.9 Å². The van der Waals surface area contributed by atoms with E-state index in [1.165, 1.54) is 6.21 Å². The maximum Gasteiger partial charge on any atom is 0.273 e. The molecule has 20 heavy (non-hydrogen) atoms. The molecule has 0 saturated carbocycles. The fourth-order valence-electron chi connectivity index (χ4n) is 1.70. The summed E-state index contributed by atoms with van der Waals surface area (Å²) in [5.74, 6) is -0.279. The van der Waals surface area contributed by atoms with E-state index in [-0.39, 0.29) is 5.91 Å². The van der Waals surface area contributed by atoms with Gasteiger partial charge in [-0.2, -0.15) is 5.10 Å². The van der Waals surface area contributed by atoms with Gasteiger partial charge in [-0.05, 0) is 18.2 Å². The van der Waals surface area contributed by atoms with Crippen LogP contribution in [0.4, 0.5) is 5.69 Å². The van der Waals surface area contributed by atoms with Crippen LogP contribution < -0.4 is 10.7 Å². The molecule has 0 fully saturated rings. The molecule has 0 atom stereocenters. The minimum Gasteiger partial charge on any atom is -0.387 e.